The van der Waals surface area contributed by atoms with E-state index in [9.17, 15) is 9.59 Å². The lowest BCUT2D eigenvalue weighted by molar-refractivity contribution is 0.0695. The molecule has 1 aliphatic heterocycles. The number of benzene rings is 2. The van der Waals surface area contributed by atoms with E-state index < -0.39 is 5.97 Å². The Morgan fingerprint density at radius 2 is 1.92 bits per heavy atom. The Morgan fingerprint density at radius 3 is 2.56 bits per heavy atom. The Hall–Kier alpha value is -2.66. The van der Waals surface area contributed by atoms with Gasteiger partial charge in [-0.2, -0.15) is 0 Å². The molecule has 5 nitrogen and oxygen atoms in total. The van der Waals surface area contributed by atoms with Crippen molar-refractivity contribution in [1.82, 2.24) is 4.90 Å². The molecule has 130 valence electrons. The number of carboxylic acids is 1. The van der Waals surface area contributed by atoms with Crippen LogP contribution in [0.15, 0.2) is 48.5 Å². The van der Waals surface area contributed by atoms with E-state index in [-0.39, 0.29) is 11.5 Å². The topological polar surface area (TPSA) is 66.8 Å². The quantitative estimate of drug-likeness (QED) is 0.909. The molecule has 1 aliphatic rings. The maximum atomic E-state index is 12.7. The van der Waals surface area contributed by atoms with Crippen LogP contribution in [0.2, 0.25) is 0 Å². The van der Waals surface area contributed by atoms with Gasteiger partial charge in [-0.1, -0.05) is 24.3 Å². The zero-order chi connectivity index (χ0) is 17.8. The van der Waals surface area contributed by atoms with Gasteiger partial charge in [0.2, 0.25) is 0 Å². The van der Waals surface area contributed by atoms with E-state index in [2.05, 4.69) is 0 Å². The molecule has 2 aromatic rings. The van der Waals surface area contributed by atoms with Gasteiger partial charge in [-0.05, 0) is 41.8 Å². The summed E-state index contributed by atoms with van der Waals surface area (Å²) in [6, 6.07) is 14.3. The van der Waals surface area contributed by atoms with Gasteiger partial charge in [-0.25, -0.2) is 4.79 Å². The maximum absolute atomic E-state index is 12.7. The number of ether oxygens (including phenoxy) is 1. The average molecular weight is 339 g/mol. The molecule has 1 saturated heterocycles. The van der Waals surface area contributed by atoms with Crippen molar-refractivity contribution in [2.24, 2.45) is 0 Å². The number of amides is 1. The largest absolute Gasteiger partial charge is 0.478 e. The summed E-state index contributed by atoms with van der Waals surface area (Å²) >= 11 is 0. The molecule has 0 saturated carbocycles. The molecule has 3 rings (SSSR count). The molecule has 0 aromatic heterocycles. The average Bonchev–Trinajstić information content (AvgIpc) is 3.16. The molecule has 5 heteroatoms. The number of aromatic carboxylic acids is 1. The standard InChI is InChI=1S/C20H21NO4/c1-21(12-14-5-7-15(8-6-14)20(23)24)19(22)17-4-2-3-16(11-17)18-9-10-25-13-18/h2-8,11,18H,9-10,12-13H2,1H3,(H,23,24)/t18-/m0/s1. The van der Waals surface area contributed by atoms with Gasteiger partial charge in [0.15, 0.2) is 0 Å². The van der Waals surface area contributed by atoms with Crippen LogP contribution in [0.5, 0.6) is 0 Å². The van der Waals surface area contributed by atoms with Crippen LogP contribution in [0.4, 0.5) is 0 Å². The monoisotopic (exact) mass is 339 g/mol. The number of hydrogen-bond acceptors (Lipinski definition) is 3. The second-order valence-electron chi connectivity index (χ2n) is 6.35. The highest BCUT2D eigenvalue weighted by atomic mass is 16.5. The van der Waals surface area contributed by atoms with Crippen molar-refractivity contribution in [3.8, 4) is 0 Å². The zero-order valence-electron chi connectivity index (χ0n) is 14.1. The molecule has 1 amide bonds. The third-order valence-electron chi connectivity index (χ3n) is 4.50. The first kappa shape index (κ1) is 17.2. The van der Waals surface area contributed by atoms with Gasteiger partial charge < -0.3 is 14.7 Å². The van der Waals surface area contributed by atoms with E-state index in [1.807, 2.05) is 24.3 Å². The van der Waals surface area contributed by atoms with Crippen molar-refractivity contribution < 1.29 is 19.4 Å². The summed E-state index contributed by atoms with van der Waals surface area (Å²) in [6.45, 7) is 1.91. The fourth-order valence-corrected chi connectivity index (χ4v) is 3.04. The number of carbonyl (C=O) groups is 2. The normalized spacial score (nSPS) is 16.6. The molecule has 1 heterocycles. The molecular weight excluding hydrogens is 318 g/mol. The highest BCUT2D eigenvalue weighted by Crippen LogP contribution is 2.26. The summed E-state index contributed by atoms with van der Waals surface area (Å²) in [5.41, 5.74) is 2.93. The fraction of sp³-hybridized carbons (Fsp3) is 0.300. The van der Waals surface area contributed by atoms with E-state index in [4.69, 9.17) is 9.84 Å². The Bertz CT molecular complexity index is 764. The van der Waals surface area contributed by atoms with Crippen LogP contribution < -0.4 is 0 Å². The second-order valence-corrected chi connectivity index (χ2v) is 6.35. The van der Waals surface area contributed by atoms with Gasteiger partial charge in [0, 0.05) is 31.7 Å². The van der Waals surface area contributed by atoms with E-state index in [0.717, 1.165) is 24.2 Å². The predicted molar refractivity (Wildman–Crippen MR) is 93.8 cm³/mol. The van der Waals surface area contributed by atoms with Crippen molar-refractivity contribution in [2.45, 2.75) is 18.9 Å². The van der Waals surface area contributed by atoms with Crippen molar-refractivity contribution in [1.29, 1.82) is 0 Å². The summed E-state index contributed by atoms with van der Waals surface area (Å²) in [6.07, 6.45) is 0.989. The molecule has 25 heavy (non-hydrogen) atoms. The highest BCUT2D eigenvalue weighted by Gasteiger charge is 2.20. The lowest BCUT2D eigenvalue weighted by Crippen LogP contribution is -2.26. The van der Waals surface area contributed by atoms with Gasteiger partial charge in [0.1, 0.15) is 0 Å². The van der Waals surface area contributed by atoms with Gasteiger partial charge in [-0.15, -0.1) is 0 Å². The smallest absolute Gasteiger partial charge is 0.335 e. The minimum absolute atomic E-state index is 0.0527. The molecule has 0 unspecified atom stereocenters. The summed E-state index contributed by atoms with van der Waals surface area (Å²) in [5, 5.41) is 8.94. The van der Waals surface area contributed by atoms with Crippen LogP contribution >= 0.6 is 0 Å². The molecule has 0 bridgehead atoms. The third-order valence-corrected chi connectivity index (χ3v) is 4.50. The first-order chi connectivity index (χ1) is 12.0. The molecule has 0 spiro atoms. The van der Waals surface area contributed by atoms with E-state index in [1.165, 1.54) is 0 Å². The van der Waals surface area contributed by atoms with E-state index >= 15 is 0 Å². The lowest BCUT2D eigenvalue weighted by atomic mass is 9.96. The molecule has 0 radical (unpaired) electrons. The van der Waals surface area contributed by atoms with Crippen LogP contribution in [0.25, 0.3) is 0 Å². The Morgan fingerprint density at radius 1 is 1.16 bits per heavy atom. The van der Waals surface area contributed by atoms with Crippen LogP contribution in [0.1, 0.15) is 44.2 Å². The van der Waals surface area contributed by atoms with Crippen molar-refractivity contribution in [2.75, 3.05) is 20.3 Å². The van der Waals surface area contributed by atoms with Gasteiger partial charge in [0.05, 0.1) is 12.2 Å². The van der Waals surface area contributed by atoms with E-state index in [0.29, 0.717) is 24.6 Å². The number of hydrogen-bond donors (Lipinski definition) is 1. The molecule has 1 fully saturated rings. The Balaban J connectivity index is 1.69. The van der Waals surface area contributed by atoms with Crippen LogP contribution in [-0.2, 0) is 11.3 Å². The molecule has 0 aliphatic carbocycles. The number of rotatable bonds is 5. The molecule has 2 aromatic carbocycles. The zero-order valence-corrected chi connectivity index (χ0v) is 14.1. The molecular formula is C20H21NO4. The first-order valence-corrected chi connectivity index (χ1v) is 8.30. The van der Waals surface area contributed by atoms with Crippen molar-refractivity contribution in [3.63, 3.8) is 0 Å². The van der Waals surface area contributed by atoms with Crippen molar-refractivity contribution in [3.05, 3.63) is 70.8 Å². The predicted octanol–water partition coefficient (Wildman–Crippen LogP) is 3.16. The summed E-state index contributed by atoms with van der Waals surface area (Å²) < 4.78 is 5.43. The molecule has 1 N–H and O–H groups in total. The van der Waals surface area contributed by atoms with Crippen molar-refractivity contribution >= 4 is 11.9 Å². The lowest BCUT2D eigenvalue weighted by Gasteiger charge is -2.18. The fourth-order valence-electron chi connectivity index (χ4n) is 3.04. The number of carboxylic acid groups (broad SMARTS) is 1. The van der Waals surface area contributed by atoms with Crippen LogP contribution in [0, 0.1) is 0 Å². The van der Waals surface area contributed by atoms with Gasteiger partial charge in [-0.3, -0.25) is 4.79 Å². The Kier molecular flexibility index (Phi) is 5.14. The highest BCUT2D eigenvalue weighted by molar-refractivity contribution is 5.94. The number of carbonyl (C=O) groups excluding carboxylic acids is 1. The Labute approximate surface area is 146 Å². The minimum atomic E-state index is -0.955. The molecule has 1 atom stereocenters. The number of nitrogens with zero attached hydrogens (tertiary/aromatic N) is 1. The van der Waals surface area contributed by atoms with E-state index in [1.54, 1.807) is 36.2 Å². The maximum Gasteiger partial charge on any atom is 0.335 e. The van der Waals surface area contributed by atoms with Crippen LogP contribution in [-0.4, -0.2) is 42.1 Å². The first-order valence-electron chi connectivity index (χ1n) is 8.30. The summed E-state index contributed by atoms with van der Waals surface area (Å²) in [4.78, 5) is 25.2. The van der Waals surface area contributed by atoms with Gasteiger partial charge >= 0.3 is 5.97 Å². The second kappa shape index (κ2) is 7.49. The third kappa shape index (κ3) is 4.06. The minimum Gasteiger partial charge on any atom is -0.478 e. The summed E-state index contributed by atoms with van der Waals surface area (Å²) in [7, 11) is 1.75. The SMILES string of the molecule is CN(Cc1ccc(C(=O)O)cc1)C(=O)c1cccc([C@H]2CCOC2)c1. The summed E-state index contributed by atoms with van der Waals surface area (Å²) in [5.74, 6) is -0.645. The van der Waals surface area contributed by atoms with Gasteiger partial charge in [0.25, 0.3) is 5.91 Å². The van der Waals surface area contributed by atoms with Crippen LogP contribution in [0.3, 0.4) is 0 Å².